The molecule has 0 aliphatic carbocycles. The Hall–Kier alpha value is -3.03. The number of nitrogens with one attached hydrogen (secondary N) is 1. The molecule has 1 amide bonds. The van der Waals surface area contributed by atoms with Gasteiger partial charge in [-0.25, -0.2) is 0 Å². The lowest BCUT2D eigenvalue weighted by atomic mass is 9.96. The van der Waals surface area contributed by atoms with Gasteiger partial charge in [-0.2, -0.15) is 0 Å². The van der Waals surface area contributed by atoms with Crippen molar-refractivity contribution in [2.75, 3.05) is 26.4 Å². The number of hydrogen-bond acceptors (Lipinski definition) is 18. The fourth-order valence-corrected chi connectivity index (χ4v) is 8.82. The summed E-state index contributed by atoms with van der Waals surface area (Å²) in [6, 6.07) is -1.01. The number of unbranched alkanes of at least 4 members (excludes halogenated alkanes) is 10. The highest BCUT2D eigenvalue weighted by Gasteiger charge is 2.53. The largest absolute Gasteiger partial charge is 0.394 e. The summed E-state index contributed by atoms with van der Waals surface area (Å²) in [5, 5.41) is 120. The molecule has 436 valence electrons. The molecule has 3 aliphatic rings. The highest BCUT2D eigenvalue weighted by atomic mass is 16.8. The number of aliphatic hydroxyl groups excluding tert-OH is 11. The van der Waals surface area contributed by atoms with E-state index >= 15 is 0 Å². The summed E-state index contributed by atoms with van der Waals surface area (Å²) in [6.45, 7) is 1.50. The quantitative estimate of drug-likeness (QED) is 0.0310. The molecule has 3 heterocycles. The van der Waals surface area contributed by atoms with Crippen LogP contribution in [0.25, 0.3) is 0 Å². The van der Waals surface area contributed by atoms with Crippen molar-refractivity contribution in [2.24, 2.45) is 0 Å². The lowest BCUT2D eigenvalue weighted by molar-refractivity contribution is -0.379. The van der Waals surface area contributed by atoms with Gasteiger partial charge in [-0.3, -0.25) is 4.79 Å². The Balaban J connectivity index is 1.55. The van der Waals surface area contributed by atoms with Crippen LogP contribution >= 0.6 is 0 Å². The molecule has 19 heteroatoms. The molecular formula is C57H95NO18. The van der Waals surface area contributed by atoms with Gasteiger partial charge in [0.25, 0.3) is 0 Å². The average molecular weight is 1080 g/mol. The van der Waals surface area contributed by atoms with Crippen LogP contribution < -0.4 is 5.32 Å². The van der Waals surface area contributed by atoms with E-state index in [0.29, 0.717) is 12.8 Å². The minimum Gasteiger partial charge on any atom is -0.394 e. The molecule has 12 N–H and O–H groups in total. The molecular weight excluding hydrogens is 987 g/mol. The minimum atomic E-state index is -1.99. The summed E-state index contributed by atoms with van der Waals surface area (Å²) < 4.78 is 34.1. The number of aliphatic hydroxyl groups is 11. The first-order valence-electron chi connectivity index (χ1n) is 27.8. The minimum absolute atomic E-state index is 0.191. The predicted octanol–water partition coefficient (Wildman–Crippen LogP) is 3.64. The molecule has 17 unspecified atom stereocenters. The third-order valence-corrected chi connectivity index (χ3v) is 13.4. The Labute approximate surface area is 450 Å². The Morgan fingerprint density at radius 1 is 0.487 bits per heavy atom. The third kappa shape index (κ3) is 24.5. The maximum Gasteiger partial charge on any atom is 0.220 e. The second kappa shape index (κ2) is 40.2. The number of carbonyl (C=O) groups is 1. The van der Waals surface area contributed by atoms with Crippen LogP contribution in [0.5, 0.6) is 0 Å². The summed E-state index contributed by atoms with van der Waals surface area (Å²) in [5.74, 6) is -0.323. The summed E-state index contributed by atoms with van der Waals surface area (Å²) in [5.41, 5.74) is 0. The van der Waals surface area contributed by atoms with Gasteiger partial charge in [-0.1, -0.05) is 137 Å². The Morgan fingerprint density at radius 2 is 0.921 bits per heavy atom. The molecule has 0 aromatic carbocycles. The van der Waals surface area contributed by atoms with Gasteiger partial charge in [0.2, 0.25) is 5.91 Å². The highest BCUT2D eigenvalue weighted by molar-refractivity contribution is 5.76. The summed E-state index contributed by atoms with van der Waals surface area (Å²) in [6.07, 6.45) is 20.1. The van der Waals surface area contributed by atoms with Crippen LogP contribution in [0, 0.1) is 0 Å². The fraction of sp³-hybridized carbons (Fsp3) is 0.737. The zero-order chi connectivity index (χ0) is 55.5. The van der Waals surface area contributed by atoms with Crippen LogP contribution in [0.4, 0.5) is 0 Å². The van der Waals surface area contributed by atoms with Gasteiger partial charge >= 0.3 is 0 Å². The van der Waals surface area contributed by atoms with Gasteiger partial charge in [0, 0.05) is 6.42 Å². The molecule has 0 spiro atoms. The van der Waals surface area contributed by atoms with Crippen molar-refractivity contribution in [1.29, 1.82) is 0 Å². The van der Waals surface area contributed by atoms with Gasteiger partial charge in [-0.15, -0.1) is 0 Å². The number of hydrogen-bond donors (Lipinski definition) is 12. The zero-order valence-corrected chi connectivity index (χ0v) is 44.9. The second-order valence-corrected chi connectivity index (χ2v) is 19.7. The van der Waals surface area contributed by atoms with Gasteiger partial charge in [-0.05, 0) is 77.0 Å². The molecule has 3 fully saturated rings. The first kappa shape index (κ1) is 67.2. The van der Waals surface area contributed by atoms with Crippen LogP contribution in [-0.2, 0) is 33.2 Å². The van der Waals surface area contributed by atoms with E-state index in [1.54, 1.807) is 6.08 Å². The predicted molar refractivity (Wildman–Crippen MR) is 286 cm³/mol. The molecule has 19 nitrogen and oxygen atoms in total. The molecule has 17 atom stereocenters. The number of allylic oxidation sites excluding steroid dienone is 13. The number of ether oxygens (including phenoxy) is 6. The number of amides is 1. The molecule has 76 heavy (non-hydrogen) atoms. The van der Waals surface area contributed by atoms with Crippen LogP contribution in [0.1, 0.15) is 136 Å². The average Bonchev–Trinajstić information content (AvgIpc) is 3.42. The summed E-state index contributed by atoms with van der Waals surface area (Å²) >= 11 is 0. The first-order chi connectivity index (χ1) is 36.8. The summed E-state index contributed by atoms with van der Waals surface area (Å²) in [4.78, 5) is 13.3. The maximum atomic E-state index is 13.3. The molecule has 3 rings (SSSR count). The van der Waals surface area contributed by atoms with E-state index in [-0.39, 0.29) is 18.9 Å². The summed E-state index contributed by atoms with van der Waals surface area (Å²) in [7, 11) is 0. The molecule has 0 radical (unpaired) electrons. The third-order valence-electron chi connectivity index (χ3n) is 13.4. The monoisotopic (exact) mass is 1080 g/mol. The molecule has 3 aliphatic heterocycles. The van der Waals surface area contributed by atoms with E-state index < -0.39 is 124 Å². The van der Waals surface area contributed by atoms with Gasteiger partial charge < -0.3 is 89.9 Å². The van der Waals surface area contributed by atoms with Crippen molar-refractivity contribution in [3.8, 4) is 0 Å². The van der Waals surface area contributed by atoms with E-state index in [4.69, 9.17) is 28.4 Å². The lowest BCUT2D eigenvalue weighted by Gasteiger charge is -2.48. The van der Waals surface area contributed by atoms with Crippen molar-refractivity contribution in [3.05, 3.63) is 85.1 Å². The molecule has 3 saturated heterocycles. The van der Waals surface area contributed by atoms with Crippen molar-refractivity contribution < 1.29 is 89.4 Å². The van der Waals surface area contributed by atoms with Crippen LogP contribution in [0.15, 0.2) is 85.1 Å². The fourth-order valence-electron chi connectivity index (χ4n) is 8.82. The molecule has 0 bridgehead atoms. The van der Waals surface area contributed by atoms with Crippen LogP contribution in [0.3, 0.4) is 0 Å². The number of rotatable bonds is 38. The second-order valence-electron chi connectivity index (χ2n) is 19.7. The Morgan fingerprint density at radius 3 is 1.47 bits per heavy atom. The van der Waals surface area contributed by atoms with Crippen LogP contribution in [0.2, 0.25) is 0 Å². The normalized spacial score (nSPS) is 31.6. The van der Waals surface area contributed by atoms with Crippen molar-refractivity contribution >= 4 is 5.91 Å². The van der Waals surface area contributed by atoms with Gasteiger partial charge in [0.1, 0.15) is 73.2 Å². The topological polar surface area (TPSA) is 307 Å². The Bertz CT molecular complexity index is 1720. The maximum absolute atomic E-state index is 13.3. The van der Waals surface area contributed by atoms with Gasteiger partial charge in [0.15, 0.2) is 18.9 Å². The van der Waals surface area contributed by atoms with E-state index in [1.165, 1.54) is 32.1 Å². The van der Waals surface area contributed by atoms with Gasteiger partial charge in [0.05, 0.1) is 38.6 Å². The SMILES string of the molecule is CC/C=C\C/C=C\C/C=C\C/C=C\C/C=C\CCCCCC(=O)NC(COC1OC(CO)C(OC2OC(CO)C(OC3OC(CO)C(O)C(O)C3O)C(O)C2O)C(O)C1O)C(O)/C=C/CC/C=C/CCCCCCCC. The van der Waals surface area contributed by atoms with E-state index in [9.17, 15) is 61.0 Å². The van der Waals surface area contributed by atoms with Crippen LogP contribution in [-0.4, -0.2) is 193 Å². The first-order valence-corrected chi connectivity index (χ1v) is 27.8. The van der Waals surface area contributed by atoms with Crippen molar-refractivity contribution in [1.82, 2.24) is 5.32 Å². The molecule has 0 aromatic heterocycles. The van der Waals surface area contributed by atoms with Crippen molar-refractivity contribution in [2.45, 2.75) is 240 Å². The molecule has 0 aromatic rings. The smallest absolute Gasteiger partial charge is 0.220 e. The van der Waals surface area contributed by atoms with E-state index in [2.05, 4.69) is 92.1 Å². The standard InChI is InChI=1S/C57H95NO18/c1-3-5-7-9-11-13-15-17-18-19-20-21-22-23-25-27-29-31-33-35-45(63)58-40(41(62)34-32-30-28-26-24-16-14-12-10-8-6-4-2)39-71-55-51(69)48(66)53(43(37-60)73-55)76-57-52(70)49(67)54(44(38-61)74-57)75-56-50(68)47(65)46(64)42(36-59)72-56/h5,7,11,13,17-18,20-21,23-26,32,34,40-44,46-57,59-62,64-70H,3-4,6,8-10,12,14-16,19,22,27-31,33,35-39H2,1-2H3,(H,58,63)/b7-5-,13-11-,18-17-,21-20-,25-23-,26-24+,34-32+. The highest BCUT2D eigenvalue weighted by Crippen LogP contribution is 2.33. The zero-order valence-electron chi connectivity index (χ0n) is 44.9. The Kier molecular flexibility index (Phi) is 35.6. The lowest BCUT2D eigenvalue weighted by Crippen LogP contribution is -2.66. The molecule has 0 saturated carbocycles. The number of carbonyl (C=O) groups excluding carboxylic acids is 1. The van der Waals surface area contributed by atoms with Crippen molar-refractivity contribution in [3.63, 3.8) is 0 Å². The van der Waals surface area contributed by atoms with E-state index in [0.717, 1.165) is 70.6 Å². The van der Waals surface area contributed by atoms with E-state index in [1.807, 2.05) is 6.08 Å².